The molecule has 0 aromatic heterocycles. The van der Waals surface area contributed by atoms with Gasteiger partial charge in [0, 0.05) is 55.3 Å². The standard InChI is InChI=1S/C16H20IN3O3/c1-11-16(22)18-13-8-12(2-3-14(13)23-11)9-19-4-6-20(7-5-19)10-15(17)21/h2-3,8,11H,4-7,9-10H2,1H3,(H,18,22). The van der Waals surface area contributed by atoms with E-state index in [-0.39, 0.29) is 9.70 Å². The molecule has 3 rings (SSSR count). The number of hydrogen-bond acceptors (Lipinski definition) is 5. The number of ether oxygens (including phenoxy) is 1. The molecule has 1 fully saturated rings. The van der Waals surface area contributed by atoms with E-state index in [9.17, 15) is 9.59 Å². The molecule has 1 aromatic rings. The number of piperazine rings is 1. The lowest BCUT2D eigenvalue weighted by Crippen LogP contribution is -2.46. The van der Waals surface area contributed by atoms with Gasteiger partial charge in [-0.05, 0) is 24.6 Å². The molecule has 1 saturated heterocycles. The predicted molar refractivity (Wildman–Crippen MR) is 95.9 cm³/mol. The van der Waals surface area contributed by atoms with Crippen molar-refractivity contribution in [3.05, 3.63) is 23.8 Å². The zero-order chi connectivity index (χ0) is 16.4. The third kappa shape index (κ3) is 4.21. The average Bonchev–Trinajstić information content (AvgIpc) is 2.50. The van der Waals surface area contributed by atoms with E-state index in [2.05, 4.69) is 15.1 Å². The Hall–Kier alpha value is -1.19. The third-order valence-electron chi connectivity index (χ3n) is 4.19. The summed E-state index contributed by atoms with van der Waals surface area (Å²) >= 11 is 1.85. The Kier molecular flexibility index (Phi) is 5.17. The number of hydrogen-bond donors (Lipinski definition) is 1. The zero-order valence-electron chi connectivity index (χ0n) is 13.0. The van der Waals surface area contributed by atoms with Gasteiger partial charge in [-0.25, -0.2) is 0 Å². The van der Waals surface area contributed by atoms with Gasteiger partial charge in [0.15, 0.2) is 6.10 Å². The Morgan fingerprint density at radius 2 is 2.00 bits per heavy atom. The number of benzene rings is 1. The summed E-state index contributed by atoms with van der Waals surface area (Å²) in [6.07, 6.45) is -0.443. The SMILES string of the molecule is CC1Oc2ccc(CN3CCN(CC(=O)I)CC3)cc2NC1=O. The number of fused-ring (bicyclic) bond motifs is 1. The molecule has 7 heteroatoms. The molecule has 0 radical (unpaired) electrons. The molecule has 6 nitrogen and oxygen atoms in total. The second-order valence-corrected chi connectivity index (χ2v) is 7.19. The third-order valence-corrected chi connectivity index (χ3v) is 4.53. The Balaban J connectivity index is 1.58. The fourth-order valence-corrected chi connectivity index (χ4v) is 3.38. The summed E-state index contributed by atoms with van der Waals surface area (Å²) in [6, 6.07) is 5.95. The molecule has 0 saturated carbocycles. The first kappa shape index (κ1) is 16.7. The quantitative estimate of drug-likeness (QED) is 0.581. The Morgan fingerprint density at radius 1 is 1.30 bits per heavy atom. The largest absolute Gasteiger partial charge is 0.479 e. The highest BCUT2D eigenvalue weighted by atomic mass is 127. The van der Waals surface area contributed by atoms with Crippen LogP contribution < -0.4 is 10.1 Å². The highest BCUT2D eigenvalue weighted by molar-refractivity contribution is 14.1. The van der Waals surface area contributed by atoms with Crippen LogP contribution in [0, 0.1) is 0 Å². The summed E-state index contributed by atoms with van der Waals surface area (Å²) < 4.78 is 5.77. The fraction of sp³-hybridized carbons (Fsp3) is 0.500. The minimum absolute atomic E-state index is 0.105. The molecular formula is C16H20IN3O3. The van der Waals surface area contributed by atoms with Crippen molar-refractivity contribution < 1.29 is 14.3 Å². The van der Waals surface area contributed by atoms with Crippen molar-refractivity contribution >= 4 is 38.0 Å². The average molecular weight is 429 g/mol. The smallest absolute Gasteiger partial charge is 0.265 e. The molecule has 23 heavy (non-hydrogen) atoms. The second-order valence-electron chi connectivity index (χ2n) is 5.99. The summed E-state index contributed by atoms with van der Waals surface area (Å²) in [5.74, 6) is 0.623. The monoisotopic (exact) mass is 429 g/mol. The van der Waals surface area contributed by atoms with Gasteiger partial charge in [0.25, 0.3) is 5.91 Å². The molecule has 2 heterocycles. The molecule has 0 bridgehead atoms. The number of anilines is 1. The number of amides is 1. The summed E-state index contributed by atoms with van der Waals surface area (Å²) in [5, 5.41) is 2.89. The maximum Gasteiger partial charge on any atom is 0.265 e. The lowest BCUT2D eigenvalue weighted by atomic mass is 10.1. The van der Waals surface area contributed by atoms with E-state index in [0.717, 1.165) is 49.7 Å². The van der Waals surface area contributed by atoms with E-state index in [0.29, 0.717) is 6.54 Å². The molecule has 124 valence electrons. The van der Waals surface area contributed by atoms with Crippen LogP contribution in [0.15, 0.2) is 18.2 Å². The number of carbonyl (C=O) groups is 2. The summed E-state index contributed by atoms with van der Waals surface area (Å²) in [6.45, 7) is 6.83. The van der Waals surface area contributed by atoms with Crippen LogP contribution >= 0.6 is 22.6 Å². The molecule has 2 aliphatic rings. The molecule has 1 unspecified atom stereocenters. The maximum absolute atomic E-state index is 11.7. The van der Waals surface area contributed by atoms with Gasteiger partial charge >= 0.3 is 0 Å². The number of halogens is 1. The first-order chi connectivity index (χ1) is 11.0. The van der Waals surface area contributed by atoms with Crippen molar-refractivity contribution in [3.63, 3.8) is 0 Å². The first-order valence-corrected chi connectivity index (χ1v) is 8.82. The number of rotatable bonds is 4. The lowest BCUT2D eigenvalue weighted by molar-refractivity contribution is -0.122. The molecule has 1 atom stereocenters. The lowest BCUT2D eigenvalue weighted by Gasteiger charge is -2.34. The van der Waals surface area contributed by atoms with E-state index in [4.69, 9.17) is 4.74 Å². The molecule has 1 N–H and O–H groups in total. The Bertz CT molecular complexity index is 615. The first-order valence-electron chi connectivity index (χ1n) is 7.75. The zero-order valence-corrected chi connectivity index (χ0v) is 15.2. The number of nitrogens with one attached hydrogen (secondary N) is 1. The van der Waals surface area contributed by atoms with Crippen molar-refractivity contribution in [2.45, 2.75) is 19.6 Å². The fourth-order valence-electron chi connectivity index (χ4n) is 2.89. The summed E-state index contributed by atoms with van der Waals surface area (Å²) in [5.41, 5.74) is 1.90. The van der Waals surface area contributed by atoms with Gasteiger partial charge in [0.2, 0.25) is 3.79 Å². The van der Waals surface area contributed by atoms with Crippen molar-refractivity contribution in [3.8, 4) is 5.75 Å². The van der Waals surface area contributed by atoms with E-state index in [1.165, 1.54) is 0 Å². The van der Waals surface area contributed by atoms with Crippen LogP contribution in [-0.2, 0) is 16.1 Å². The molecule has 1 aromatic carbocycles. The van der Waals surface area contributed by atoms with E-state index >= 15 is 0 Å². The van der Waals surface area contributed by atoms with Crippen LogP contribution in [0.1, 0.15) is 12.5 Å². The van der Waals surface area contributed by atoms with Crippen LogP contribution in [0.3, 0.4) is 0 Å². The van der Waals surface area contributed by atoms with Crippen LogP contribution in [0.2, 0.25) is 0 Å². The highest BCUT2D eigenvalue weighted by Gasteiger charge is 2.24. The maximum atomic E-state index is 11.7. The molecule has 1 amide bonds. The van der Waals surface area contributed by atoms with Crippen LogP contribution in [-0.4, -0.2) is 58.3 Å². The second kappa shape index (κ2) is 7.14. The van der Waals surface area contributed by atoms with Gasteiger partial charge < -0.3 is 10.1 Å². The van der Waals surface area contributed by atoms with Crippen molar-refractivity contribution in [1.29, 1.82) is 0 Å². The van der Waals surface area contributed by atoms with Crippen molar-refractivity contribution in [1.82, 2.24) is 9.80 Å². The van der Waals surface area contributed by atoms with E-state index in [1.807, 2.05) is 40.8 Å². The van der Waals surface area contributed by atoms with Gasteiger partial charge in [0.1, 0.15) is 5.75 Å². The normalized spacial score (nSPS) is 22.2. The minimum atomic E-state index is -0.443. The summed E-state index contributed by atoms with van der Waals surface area (Å²) in [4.78, 5) is 27.4. The minimum Gasteiger partial charge on any atom is -0.479 e. The Labute approximate surface area is 149 Å². The van der Waals surface area contributed by atoms with Crippen LogP contribution in [0.5, 0.6) is 5.75 Å². The van der Waals surface area contributed by atoms with Gasteiger partial charge in [-0.15, -0.1) is 0 Å². The van der Waals surface area contributed by atoms with E-state index < -0.39 is 6.10 Å². The van der Waals surface area contributed by atoms with Gasteiger partial charge in [-0.2, -0.15) is 0 Å². The highest BCUT2D eigenvalue weighted by Crippen LogP contribution is 2.30. The topological polar surface area (TPSA) is 61.9 Å². The van der Waals surface area contributed by atoms with Crippen LogP contribution in [0.4, 0.5) is 5.69 Å². The van der Waals surface area contributed by atoms with Crippen LogP contribution in [0.25, 0.3) is 0 Å². The molecule has 2 aliphatic heterocycles. The van der Waals surface area contributed by atoms with Gasteiger partial charge in [-0.1, -0.05) is 6.07 Å². The number of nitrogens with zero attached hydrogens (tertiary/aromatic N) is 2. The van der Waals surface area contributed by atoms with Crippen molar-refractivity contribution in [2.24, 2.45) is 0 Å². The summed E-state index contributed by atoms with van der Waals surface area (Å²) in [7, 11) is 0. The van der Waals surface area contributed by atoms with Gasteiger partial charge in [-0.3, -0.25) is 19.4 Å². The molecule has 0 aliphatic carbocycles. The molecule has 0 spiro atoms. The molecular weight excluding hydrogens is 409 g/mol. The van der Waals surface area contributed by atoms with Gasteiger partial charge in [0.05, 0.1) is 12.2 Å². The Morgan fingerprint density at radius 3 is 2.70 bits per heavy atom. The number of carbonyl (C=O) groups excluding carboxylic acids is 2. The predicted octanol–water partition coefficient (Wildman–Crippen LogP) is 1.49. The van der Waals surface area contributed by atoms with E-state index in [1.54, 1.807) is 6.92 Å². The van der Waals surface area contributed by atoms with Crippen molar-refractivity contribution in [2.75, 3.05) is 38.0 Å².